The van der Waals surface area contributed by atoms with Crippen LogP contribution >= 0.6 is 0 Å². The number of aldehydes is 1. The minimum Gasteiger partial charge on any atom is -0.486 e. The molecule has 4 nitrogen and oxygen atoms in total. The quantitative estimate of drug-likeness (QED) is 0.786. The number of fused-ring (bicyclic) bond motifs is 1. The van der Waals surface area contributed by atoms with Gasteiger partial charge in [0.05, 0.1) is 17.5 Å². The van der Waals surface area contributed by atoms with Crippen LogP contribution in [0.4, 0.5) is 0 Å². The van der Waals surface area contributed by atoms with Gasteiger partial charge in [0, 0.05) is 12.4 Å². The van der Waals surface area contributed by atoms with Crippen LogP contribution in [-0.4, -0.2) is 16.3 Å². The third-order valence-electron chi connectivity index (χ3n) is 3.40. The third kappa shape index (κ3) is 2.34. The van der Waals surface area contributed by atoms with Crippen molar-refractivity contribution >= 4 is 6.29 Å². The normalized spacial score (nSPS) is 13.1. The molecule has 0 radical (unpaired) electrons. The Bertz CT molecular complexity index is 597. The maximum Gasteiger partial charge on any atom is 0.154 e. The molecule has 0 bridgehead atoms. The lowest BCUT2D eigenvalue weighted by atomic mass is 10.0. The Kier molecular flexibility index (Phi) is 3.23. The van der Waals surface area contributed by atoms with Crippen LogP contribution in [-0.2, 0) is 19.4 Å². The summed E-state index contributed by atoms with van der Waals surface area (Å²) in [7, 11) is 0. The number of aryl methyl sites for hydroxylation is 1. The van der Waals surface area contributed by atoms with E-state index in [4.69, 9.17) is 4.74 Å². The van der Waals surface area contributed by atoms with E-state index >= 15 is 0 Å². The first-order valence-electron chi connectivity index (χ1n) is 6.36. The highest BCUT2D eigenvalue weighted by Gasteiger charge is 2.18. The van der Waals surface area contributed by atoms with Gasteiger partial charge in [-0.2, -0.15) is 0 Å². The lowest BCUT2D eigenvalue weighted by Crippen LogP contribution is -2.03. The number of rotatable bonds is 4. The van der Waals surface area contributed by atoms with Crippen molar-refractivity contribution in [3.8, 4) is 5.75 Å². The van der Waals surface area contributed by atoms with Crippen LogP contribution in [0.5, 0.6) is 5.75 Å². The van der Waals surface area contributed by atoms with Crippen molar-refractivity contribution in [3.63, 3.8) is 0 Å². The van der Waals surface area contributed by atoms with Gasteiger partial charge in [0.1, 0.15) is 12.4 Å². The molecule has 3 rings (SSSR count). The van der Waals surface area contributed by atoms with Crippen LogP contribution in [0.2, 0.25) is 0 Å². The van der Waals surface area contributed by atoms with Gasteiger partial charge in [0.15, 0.2) is 6.29 Å². The van der Waals surface area contributed by atoms with E-state index in [-0.39, 0.29) is 0 Å². The van der Waals surface area contributed by atoms with Crippen molar-refractivity contribution < 1.29 is 9.53 Å². The Morgan fingerprint density at radius 3 is 3.00 bits per heavy atom. The highest BCUT2D eigenvalue weighted by Crippen LogP contribution is 2.31. The van der Waals surface area contributed by atoms with E-state index in [2.05, 4.69) is 16.0 Å². The molecule has 0 aliphatic heterocycles. The number of carbonyl (C=O) groups excluding carboxylic acids is 1. The maximum atomic E-state index is 11.3. The van der Waals surface area contributed by atoms with Crippen molar-refractivity contribution in [1.29, 1.82) is 0 Å². The Morgan fingerprint density at radius 1 is 1.26 bits per heavy atom. The van der Waals surface area contributed by atoms with Crippen LogP contribution < -0.4 is 4.74 Å². The molecule has 0 saturated heterocycles. The molecule has 0 spiro atoms. The molecule has 1 aromatic carbocycles. The third-order valence-corrected chi connectivity index (χ3v) is 3.40. The lowest BCUT2D eigenvalue weighted by molar-refractivity contribution is 0.111. The zero-order valence-electron chi connectivity index (χ0n) is 10.5. The zero-order chi connectivity index (χ0) is 13.1. The Labute approximate surface area is 111 Å². The smallest absolute Gasteiger partial charge is 0.154 e. The molecule has 4 heteroatoms. The standard InChI is InChI=1S/C15H14N2O2/c18-9-14-13-3-1-2-11(13)4-5-15(14)19-10-12-8-16-6-7-17-12/h4-9H,1-3,10H2. The summed E-state index contributed by atoms with van der Waals surface area (Å²) in [6, 6.07) is 3.94. The number of nitrogens with zero attached hydrogens (tertiary/aromatic N) is 2. The largest absolute Gasteiger partial charge is 0.486 e. The molecule has 1 heterocycles. The van der Waals surface area contributed by atoms with Crippen molar-refractivity contribution in [2.45, 2.75) is 25.9 Å². The molecular weight excluding hydrogens is 240 g/mol. The van der Waals surface area contributed by atoms with Gasteiger partial charge in [-0.15, -0.1) is 0 Å². The van der Waals surface area contributed by atoms with Gasteiger partial charge in [0.2, 0.25) is 0 Å². The molecular formula is C15H14N2O2. The van der Waals surface area contributed by atoms with Gasteiger partial charge >= 0.3 is 0 Å². The molecule has 1 aliphatic rings. The molecule has 0 amide bonds. The fraction of sp³-hybridized carbons (Fsp3) is 0.267. The number of hydrogen-bond acceptors (Lipinski definition) is 4. The number of aromatic nitrogens is 2. The first kappa shape index (κ1) is 11.8. The Hall–Kier alpha value is -2.23. The summed E-state index contributed by atoms with van der Waals surface area (Å²) in [6.45, 7) is 0.327. The zero-order valence-corrected chi connectivity index (χ0v) is 10.5. The predicted molar refractivity (Wildman–Crippen MR) is 70.2 cm³/mol. The summed E-state index contributed by atoms with van der Waals surface area (Å²) in [5.41, 5.74) is 3.86. The van der Waals surface area contributed by atoms with Crippen LogP contribution in [0.3, 0.4) is 0 Å². The molecule has 0 saturated carbocycles. The van der Waals surface area contributed by atoms with E-state index in [0.717, 1.165) is 36.8 Å². The van der Waals surface area contributed by atoms with Crippen molar-refractivity contribution in [3.05, 3.63) is 53.1 Å². The van der Waals surface area contributed by atoms with Gasteiger partial charge < -0.3 is 4.74 Å². The molecule has 0 atom stereocenters. The molecule has 96 valence electrons. The first-order valence-corrected chi connectivity index (χ1v) is 6.36. The average Bonchev–Trinajstić information content (AvgIpc) is 2.94. The summed E-state index contributed by atoms with van der Waals surface area (Å²) in [5.74, 6) is 0.640. The van der Waals surface area contributed by atoms with E-state index in [1.807, 2.05) is 6.07 Å². The fourth-order valence-corrected chi connectivity index (χ4v) is 2.48. The molecule has 2 aromatic rings. The second kappa shape index (κ2) is 5.18. The van der Waals surface area contributed by atoms with E-state index in [1.165, 1.54) is 5.56 Å². The minimum absolute atomic E-state index is 0.327. The number of ether oxygens (including phenoxy) is 1. The van der Waals surface area contributed by atoms with E-state index in [1.54, 1.807) is 18.6 Å². The second-order valence-electron chi connectivity index (χ2n) is 4.57. The topological polar surface area (TPSA) is 52.1 Å². The maximum absolute atomic E-state index is 11.3. The van der Waals surface area contributed by atoms with Crippen molar-refractivity contribution in [2.75, 3.05) is 0 Å². The molecule has 0 fully saturated rings. The van der Waals surface area contributed by atoms with Gasteiger partial charge in [-0.3, -0.25) is 14.8 Å². The molecule has 1 aliphatic carbocycles. The second-order valence-corrected chi connectivity index (χ2v) is 4.57. The van der Waals surface area contributed by atoms with Gasteiger partial charge in [-0.25, -0.2) is 0 Å². The van der Waals surface area contributed by atoms with Crippen LogP contribution in [0, 0.1) is 0 Å². The highest BCUT2D eigenvalue weighted by atomic mass is 16.5. The predicted octanol–water partition coefficient (Wildman–Crippen LogP) is 2.36. The first-order chi connectivity index (χ1) is 9.38. The number of carbonyl (C=O) groups is 1. The molecule has 19 heavy (non-hydrogen) atoms. The van der Waals surface area contributed by atoms with Crippen molar-refractivity contribution in [1.82, 2.24) is 9.97 Å². The minimum atomic E-state index is 0.327. The fourth-order valence-electron chi connectivity index (χ4n) is 2.48. The Morgan fingerprint density at radius 2 is 2.21 bits per heavy atom. The van der Waals surface area contributed by atoms with Crippen LogP contribution in [0.25, 0.3) is 0 Å². The summed E-state index contributed by atoms with van der Waals surface area (Å²) < 4.78 is 5.71. The summed E-state index contributed by atoms with van der Waals surface area (Å²) in [5, 5.41) is 0. The molecule has 1 aromatic heterocycles. The highest BCUT2D eigenvalue weighted by molar-refractivity contribution is 5.82. The molecule has 0 unspecified atom stereocenters. The van der Waals surface area contributed by atoms with Crippen molar-refractivity contribution in [2.24, 2.45) is 0 Å². The van der Waals surface area contributed by atoms with E-state index in [9.17, 15) is 4.79 Å². The van der Waals surface area contributed by atoms with Gasteiger partial charge in [0.25, 0.3) is 0 Å². The van der Waals surface area contributed by atoms with Crippen LogP contribution in [0.1, 0.15) is 33.6 Å². The monoisotopic (exact) mass is 254 g/mol. The summed E-state index contributed by atoms with van der Waals surface area (Å²) in [4.78, 5) is 19.4. The molecule has 0 N–H and O–H groups in total. The van der Waals surface area contributed by atoms with E-state index in [0.29, 0.717) is 17.9 Å². The van der Waals surface area contributed by atoms with Gasteiger partial charge in [-0.05, 0) is 36.5 Å². The Balaban J connectivity index is 1.83. The average molecular weight is 254 g/mol. The SMILES string of the molecule is O=Cc1c(OCc2cnccn2)ccc2c1CCC2. The summed E-state index contributed by atoms with van der Waals surface area (Å²) in [6.07, 6.45) is 8.94. The lowest BCUT2D eigenvalue weighted by Gasteiger charge is -2.11. The van der Waals surface area contributed by atoms with Gasteiger partial charge in [-0.1, -0.05) is 6.07 Å². The number of hydrogen-bond donors (Lipinski definition) is 0. The summed E-state index contributed by atoms with van der Waals surface area (Å²) >= 11 is 0. The number of benzene rings is 1. The van der Waals surface area contributed by atoms with E-state index < -0.39 is 0 Å². The van der Waals surface area contributed by atoms with Crippen LogP contribution in [0.15, 0.2) is 30.7 Å².